The highest BCUT2D eigenvalue weighted by Crippen LogP contribution is 2.54. The molecule has 3 rings (SSSR count). The Morgan fingerprint density at radius 2 is 2.06 bits per heavy atom. The predicted octanol–water partition coefficient (Wildman–Crippen LogP) is 2.31. The van der Waals surface area contributed by atoms with Crippen molar-refractivity contribution in [1.29, 1.82) is 0 Å². The molecule has 2 aliphatic carbocycles. The largest absolute Gasteiger partial charge is 0.296 e. The van der Waals surface area contributed by atoms with E-state index >= 15 is 0 Å². The predicted molar refractivity (Wildman–Crippen MR) is 62.5 cm³/mol. The van der Waals surface area contributed by atoms with Crippen LogP contribution in [0.2, 0.25) is 0 Å². The van der Waals surface area contributed by atoms with E-state index < -0.39 is 0 Å². The molecule has 0 heterocycles. The van der Waals surface area contributed by atoms with Crippen molar-refractivity contribution in [3.63, 3.8) is 0 Å². The summed E-state index contributed by atoms with van der Waals surface area (Å²) in [4.78, 5) is 11.7. The molecule has 1 aromatic rings. The molecule has 17 heavy (non-hydrogen) atoms. The van der Waals surface area contributed by atoms with Crippen molar-refractivity contribution >= 4 is 11.6 Å². The van der Waals surface area contributed by atoms with Crippen molar-refractivity contribution in [3.05, 3.63) is 30.1 Å². The lowest BCUT2D eigenvalue weighted by atomic mass is 10.2. The Hall–Kier alpha value is -1.58. The van der Waals surface area contributed by atoms with Crippen LogP contribution < -0.4 is 10.9 Å². The number of amides is 1. The lowest BCUT2D eigenvalue weighted by Gasteiger charge is -2.08. The van der Waals surface area contributed by atoms with Crippen LogP contribution in [0.3, 0.4) is 0 Å². The van der Waals surface area contributed by atoms with E-state index in [0.29, 0.717) is 11.6 Å². The topological polar surface area (TPSA) is 41.1 Å². The van der Waals surface area contributed by atoms with Gasteiger partial charge < -0.3 is 0 Å². The van der Waals surface area contributed by atoms with Crippen LogP contribution in [-0.4, -0.2) is 5.91 Å². The Morgan fingerprint density at radius 1 is 1.29 bits per heavy atom. The van der Waals surface area contributed by atoms with Crippen LogP contribution in [0.1, 0.15) is 19.3 Å². The second-order valence-electron chi connectivity index (χ2n) is 4.94. The number of carbonyl (C=O) groups excluding carboxylic acids is 1. The fourth-order valence-corrected chi connectivity index (χ4v) is 2.35. The number of carbonyl (C=O) groups is 1. The van der Waals surface area contributed by atoms with Gasteiger partial charge in [0.2, 0.25) is 5.91 Å². The van der Waals surface area contributed by atoms with Gasteiger partial charge in [0, 0.05) is 5.92 Å². The van der Waals surface area contributed by atoms with E-state index in [-0.39, 0.29) is 17.6 Å². The Labute approximate surface area is 99.4 Å². The van der Waals surface area contributed by atoms with Crippen LogP contribution >= 0.6 is 0 Å². The van der Waals surface area contributed by atoms with Crippen LogP contribution in [0.4, 0.5) is 10.1 Å². The lowest BCUT2D eigenvalue weighted by Crippen LogP contribution is -2.31. The Bertz CT molecular complexity index is 445. The number of hydrogen-bond acceptors (Lipinski definition) is 2. The van der Waals surface area contributed by atoms with E-state index in [1.165, 1.54) is 18.9 Å². The summed E-state index contributed by atoms with van der Waals surface area (Å²) in [5.74, 6) is 1.13. The van der Waals surface area contributed by atoms with Gasteiger partial charge in [-0.2, -0.15) is 0 Å². The van der Waals surface area contributed by atoms with E-state index in [2.05, 4.69) is 10.9 Å². The Morgan fingerprint density at radius 3 is 2.76 bits per heavy atom. The molecule has 2 aliphatic rings. The molecule has 0 bridgehead atoms. The molecule has 1 amide bonds. The number of nitrogens with one attached hydrogen (secondary N) is 2. The fourth-order valence-electron chi connectivity index (χ4n) is 2.35. The molecule has 0 aliphatic heterocycles. The molecular weight excluding hydrogens is 219 g/mol. The van der Waals surface area contributed by atoms with Gasteiger partial charge in [-0.15, -0.1) is 0 Å². The standard InChI is InChI=1S/C13H15FN2O/c14-11-3-1-2-4-12(11)15-16-13(17)10-7-9(10)8-5-6-8/h1-4,8-10,15H,5-7H2,(H,16,17)/t9-,10+/m1/s1. The van der Waals surface area contributed by atoms with Crippen molar-refractivity contribution < 1.29 is 9.18 Å². The first kappa shape index (κ1) is 10.6. The Balaban J connectivity index is 1.51. The average Bonchev–Trinajstić information content (AvgIpc) is 3.16. The number of rotatable bonds is 4. The molecule has 3 nitrogen and oxygen atoms in total. The molecule has 2 fully saturated rings. The zero-order valence-corrected chi connectivity index (χ0v) is 9.45. The van der Waals surface area contributed by atoms with E-state index in [0.717, 1.165) is 12.3 Å². The van der Waals surface area contributed by atoms with Gasteiger partial charge in [-0.3, -0.25) is 15.6 Å². The minimum Gasteiger partial charge on any atom is -0.296 e. The maximum absolute atomic E-state index is 13.3. The first-order valence-electron chi connectivity index (χ1n) is 6.06. The summed E-state index contributed by atoms with van der Waals surface area (Å²) in [6, 6.07) is 6.30. The zero-order valence-electron chi connectivity index (χ0n) is 9.45. The molecule has 0 radical (unpaired) electrons. The van der Waals surface area contributed by atoms with Crippen molar-refractivity contribution in [1.82, 2.24) is 5.43 Å². The minimum atomic E-state index is -0.359. The number of para-hydroxylation sites is 1. The van der Waals surface area contributed by atoms with Crippen LogP contribution in [0.15, 0.2) is 24.3 Å². The second kappa shape index (κ2) is 4.02. The van der Waals surface area contributed by atoms with Gasteiger partial charge >= 0.3 is 0 Å². The summed E-state index contributed by atoms with van der Waals surface area (Å²) in [5, 5.41) is 0. The molecule has 2 atom stereocenters. The second-order valence-corrected chi connectivity index (χ2v) is 4.94. The Kier molecular flexibility index (Phi) is 2.50. The first-order chi connectivity index (χ1) is 8.25. The molecule has 4 heteroatoms. The van der Waals surface area contributed by atoms with E-state index in [1.807, 2.05) is 0 Å². The van der Waals surface area contributed by atoms with Gasteiger partial charge in [0.15, 0.2) is 0 Å². The number of anilines is 1. The maximum Gasteiger partial charge on any atom is 0.241 e. The van der Waals surface area contributed by atoms with Crippen LogP contribution in [-0.2, 0) is 4.79 Å². The van der Waals surface area contributed by atoms with Crippen molar-refractivity contribution in [3.8, 4) is 0 Å². The SMILES string of the molecule is O=C(NNc1ccccc1F)[C@H]1C[C@@H]1C1CC1. The number of hydrazine groups is 1. The molecule has 0 saturated heterocycles. The molecule has 0 unspecified atom stereocenters. The van der Waals surface area contributed by atoms with Gasteiger partial charge in [-0.25, -0.2) is 4.39 Å². The number of benzene rings is 1. The van der Waals surface area contributed by atoms with Crippen LogP contribution in [0.5, 0.6) is 0 Å². The van der Waals surface area contributed by atoms with Gasteiger partial charge in [0.25, 0.3) is 0 Å². The summed E-state index contributed by atoms with van der Waals surface area (Å²) in [6.07, 6.45) is 3.54. The monoisotopic (exact) mass is 234 g/mol. The van der Waals surface area contributed by atoms with E-state index in [4.69, 9.17) is 0 Å². The fraction of sp³-hybridized carbons (Fsp3) is 0.462. The first-order valence-corrected chi connectivity index (χ1v) is 6.06. The normalized spacial score (nSPS) is 26.4. The summed E-state index contributed by atoms with van der Waals surface area (Å²) in [5.41, 5.74) is 5.53. The van der Waals surface area contributed by atoms with Crippen molar-refractivity contribution in [2.75, 3.05) is 5.43 Å². The third kappa shape index (κ3) is 2.25. The van der Waals surface area contributed by atoms with Gasteiger partial charge in [0.1, 0.15) is 5.82 Å². The summed E-state index contributed by atoms with van der Waals surface area (Å²) >= 11 is 0. The summed E-state index contributed by atoms with van der Waals surface area (Å²) in [7, 11) is 0. The summed E-state index contributed by atoms with van der Waals surface area (Å²) < 4.78 is 13.3. The summed E-state index contributed by atoms with van der Waals surface area (Å²) in [6.45, 7) is 0. The molecule has 0 spiro atoms. The minimum absolute atomic E-state index is 0.00912. The van der Waals surface area contributed by atoms with Gasteiger partial charge in [-0.05, 0) is 43.2 Å². The third-order valence-corrected chi connectivity index (χ3v) is 3.60. The van der Waals surface area contributed by atoms with Gasteiger partial charge in [-0.1, -0.05) is 12.1 Å². The van der Waals surface area contributed by atoms with Gasteiger partial charge in [0.05, 0.1) is 5.69 Å². The molecule has 0 aromatic heterocycles. The third-order valence-electron chi connectivity index (χ3n) is 3.60. The molecule has 2 saturated carbocycles. The van der Waals surface area contributed by atoms with E-state index in [9.17, 15) is 9.18 Å². The highest BCUT2D eigenvalue weighted by molar-refractivity contribution is 5.82. The molecule has 90 valence electrons. The van der Waals surface area contributed by atoms with E-state index in [1.54, 1.807) is 18.2 Å². The van der Waals surface area contributed by atoms with Crippen LogP contribution in [0, 0.1) is 23.6 Å². The number of halogens is 1. The highest BCUT2D eigenvalue weighted by Gasteiger charge is 2.51. The highest BCUT2D eigenvalue weighted by atomic mass is 19.1. The van der Waals surface area contributed by atoms with Crippen molar-refractivity contribution in [2.45, 2.75) is 19.3 Å². The maximum atomic E-state index is 13.3. The average molecular weight is 234 g/mol. The molecule has 1 aromatic carbocycles. The molecule has 2 N–H and O–H groups in total. The zero-order chi connectivity index (χ0) is 11.8. The smallest absolute Gasteiger partial charge is 0.241 e. The molecular formula is C13H15FN2O. The van der Waals surface area contributed by atoms with Crippen molar-refractivity contribution in [2.24, 2.45) is 17.8 Å². The quantitative estimate of drug-likeness (QED) is 0.785. The lowest BCUT2D eigenvalue weighted by molar-refractivity contribution is -0.122. The van der Waals surface area contributed by atoms with Crippen LogP contribution in [0.25, 0.3) is 0 Å². The number of hydrogen-bond donors (Lipinski definition) is 2.